The van der Waals surface area contributed by atoms with Gasteiger partial charge in [-0.2, -0.15) is 0 Å². The molecule has 0 aliphatic heterocycles. The number of imidazole rings is 1. The van der Waals surface area contributed by atoms with Crippen molar-refractivity contribution >= 4 is 22.6 Å². The highest BCUT2D eigenvalue weighted by Crippen LogP contribution is 2.23. The van der Waals surface area contributed by atoms with Gasteiger partial charge in [0.2, 0.25) is 0 Å². The van der Waals surface area contributed by atoms with E-state index in [9.17, 15) is 0 Å². The van der Waals surface area contributed by atoms with E-state index in [1.807, 2.05) is 19.1 Å². The monoisotopic (exact) mass is 209 g/mol. The fourth-order valence-electron chi connectivity index (χ4n) is 1.57. The van der Waals surface area contributed by atoms with E-state index in [4.69, 9.17) is 17.3 Å². The van der Waals surface area contributed by atoms with Crippen molar-refractivity contribution in [2.75, 3.05) is 6.54 Å². The fourth-order valence-corrected chi connectivity index (χ4v) is 1.85. The molecule has 0 aliphatic rings. The largest absolute Gasteiger partial charge is 0.342 e. The van der Waals surface area contributed by atoms with E-state index in [1.165, 1.54) is 0 Å². The van der Waals surface area contributed by atoms with Crippen molar-refractivity contribution in [1.82, 2.24) is 9.97 Å². The summed E-state index contributed by atoms with van der Waals surface area (Å²) >= 11 is 6.09. The van der Waals surface area contributed by atoms with Gasteiger partial charge in [0, 0.05) is 0 Å². The van der Waals surface area contributed by atoms with E-state index in [-0.39, 0.29) is 0 Å². The van der Waals surface area contributed by atoms with Crippen LogP contribution < -0.4 is 5.73 Å². The first-order valence-corrected chi connectivity index (χ1v) is 4.93. The molecule has 4 heteroatoms. The molecule has 0 atom stereocenters. The van der Waals surface area contributed by atoms with Gasteiger partial charge in [-0.15, -0.1) is 0 Å². The lowest BCUT2D eigenvalue weighted by molar-refractivity contribution is 0.970. The van der Waals surface area contributed by atoms with Crippen LogP contribution in [0.3, 0.4) is 0 Å². The summed E-state index contributed by atoms with van der Waals surface area (Å²) in [6.07, 6.45) is 0.841. The molecule has 0 fully saturated rings. The van der Waals surface area contributed by atoms with Crippen molar-refractivity contribution in [3.05, 3.63) is 28.5 Å². The van der Waals surface area contributed by atoms with Crippen LogP contribution in [-0.4, -0.2) is 16.5 Å². The molecule has 0 bridgehead atoms. The molecule has 3 N–H and O–H groups in total. The number of nitrogens with one attached hydrogen (secondary N) is 1. The summed E-state index contributed by atoms with van der Waals surface area (Å²) in [7, 11) is 0. The average molecular weight is 210 g/mol. The summed E-state index contributed by atoms with van der Waals surface area (Å²) < 4.78 is 0. The Bertz CT molecular complexity index is 462. The molecule has 2 rings (SSSR count). The van der Waals surface area contributed by atoms with Crippen LogP contribution in [0.25, 0.3) is 11.0 Å². The minimum absolute atomic E-state index is 0.634. The van der Waals surface area contributed by atoms with Crippen molar-refractivity contribution in [3.63, 3.8) is 0 Å². The van der Waals surface area contributed by atoms with Crippen LogP contribution >= 0.6 is 11.6 Å². The van der Waals surface area contributed by atoms with Gasteiger partial charge in [-0.25, -0.2) is 4.98 Å². The predicted octanol–water partition coefficient (Wildman–Crippen LogP) is 2.03. The van der Waals surface area contributed by atoms with Crippen molar-refractivity contribution in [1.29, 1.82) is 0 Å². The first-order chi connectivity index (χ1) is 6.70. The molecule has 0 saturated heterocycles. The Kier molecular flexibility index (Phi) is 2.44. The average Bonchev–Trinajstić information content (AvgIpc) is 2.47. The maximum absolute atomic E-state index is 6.09. The Balaban J connectivity index is 2.59. The van der Waals surface area contributed by atoms with Gasteiger partial charge in [0.05, 0.1) is 10.5 Å². The third-order valence-electron chi connectivity index (χ3n) is 2.15. The van der Waals surface area contributed by atoms with Crippen molar-refractivity contribution in [2.24, 2.45) is 5.73 Å². The van der Waals surface area contributed by atoms with Crippen LogP contribution in [0.4, 0.5) is 0 Å². The molecule has 0 amide bonds. The SMILES string of the molecule is Cc1nc2c(Cl)cc(CCN)cc2[nH]1. The highest BCUT2D eigenvalue weighted by molar-refractivity contribution is 6.35. The molecule has 1 heterocycles. The van der Waals surface area contributed by atoms with Crippen LogP contribution in [0.1, 0.15) is 11.4 Å². The zero-order valence-corrected chi connectivity index (χ0v) is 8.73. The van der Waals surface area contributed by atoms with E-state index in [2.05, 4.69) is 9.97 Å². The number of hydrogen-bond acceptors (Lipinski definition) is 2. The van der Waals surface area contributed by atoms with Gasteiger partial charge in [0.25, 0.3) is 0 Å². The zero-order chi connectivity index (χ0) is 10.1. The molecule has 0 unspecified atom stereocenters. The molecule has 0 aliphatic carbocycles. The number of aromatic nitrogens is 2. The number of benzene rings is 1. The van der Waals surface area contributed by atoms with Gasteiger partial charge < -0.3 is 10.7 Å². The minimum Gasteiger partial charge on any atom is -0.342 e. The fraction of sp³-hybridized carbons (Fsp3) is 0.300. The third-order valence-corrected chi connectivity index (χ3v) is 2.44. The molecule has 3 nitrogen and oxygen atoms in total. The van der Waals surface area contributed by atoms with Crippen molar-refractivity contribution in [3.8, 4) is 0 Å². The lowest BCUT2D eigenvalue weighted by Gasteiger charge is -1.99. The summed E-state index contributed by atoms with van der Waals surface area (Å²) in [6.45, 7) is 2.55. The van der Waals surface area contributed by atoms with Crippen LogP contribution in [0.2, 0.25) is 5.02 Å². The molecule has 74 valence electrons. The quantitative estimate of drug-likeness (QED) is 0.795. The van der Waals surface area contributed by atoms with Gasteiger partial charge in [-0.1, -0.05) is 11.6 Å². The molecule has 14 heavy (non-hydrogen) atoms. The first-order valence-electron chi connectivity index (χ1n) is 4.55. The molecular weight excluding hydrogens is 198 g/mol. The number of fused-ring (bicyclic) bond motifs is 1. The second kappa shape index (κ2) is 3.59. The standard InChI is InChI=1S/C10H12ClN3/c1-6-13-9-5-7(2-3-12)4-8(11)10(9)14-6/h4-5H,2-3,12H2,1H3,(H,13,14). The molecule has 2 aromatic rings. The maximum atomic E-state index is 6.09. The molecule has 1 aromatic heterocycles. The lowest BCUT2D eigenvalue weighted by Crippen LogP contribution is -2.02. The zero-order valence-electron chi connectivity index (χ0n) is 7.97. The Morgan fingerprint density at radius 1 is 1.50 bits per heavy atom. The predicted molar refractivity (Wildman–Crippen MR) is 58.6 cm³/mol. The van der Waals surface area contributed by atoms with Crippen molar-refractivity contribution < 1.29 is 0 Å². The number of halogens is 1. The maximum Gasteiger partial charge on any atom is 0.107 e. The summed E-state index contributed by atoms with van der Waals surface area (Å²) in [5.74, 6) is 0.881. The highest BCUT2D eigenvalue weighted by atomic mass is 35.5. The number of nitrogens with two attached hydrogens (primary N) is 1. The Morgan fingerprint density at radius 2 is 2.29 bits per heavy atom. The van der Waals surface area contributed by atoms with Crippen LogP contribution in [0.15, 0.2) is 12.1 Å². The van der Waals surface area contributed by atoms with Crippen LogP contribution in [0, 0.1) is 6.92 Å². The van der Waals surface area contributed by atoms with E-state index in [0.29, 0.717) is 11.6 Å². The second-order valence-corrected chi connectivity index (χ2v) is 3.74. The van der Waals surface area contributed by atoms with E-state index in [0.717, 1.165) is 28.8 Å². The third kappa shape index (κ3) is 1.61. The Labute approximate surface area is 87.3 Å². The number of aryl methyl sites for hydroxylation is 1. The van der Waals surface area contributed by atoms with E-state index < -0.39 is 0 Å². The van der Waals surface area contributed by atoms with Gasteiger partial charge in [0.1, 0.15) is 11.3 Å². The molecule has 1 aromatic carbocycles. The van der Waals surface area contributed by atoms with Gasteiger partial charge >= 0.3 is 0 Å². The van der Waals surface area contributed by atoms with Gasteiger partial charge in [0.15, 0.2) is 0 Å². The topological polar surface area (TPSA) is 54.7 Å². The number of rotatable bonds is 2. The Morgan fingerprint density at radius 3 is 3.00 bits per heavy atom. The van der Waals surface area contributed by atoms with Gasteiger partial charge in [-0.3, -0.25) is 0 Å². The number of hydrogen-bond donors (Lipinski definition) is 2. The summed E-state index contributed by atoms with van der Waals surface area (Å²) in [5.41, 5.74) is 8.46. The van der Waals surface area contributed by atoms with Crippen molar-refractivity contribution in [2.45, 2.75) is 13.3 Å². The smallest absolute Gasteiger partial charge is 0.107 e. The highest BCUT2D eigenvalue weighted by Gasteiger charge is 2.05. The minimum atomic E-state index is 0.634. The van der Waals surface area contributed by atoms with Crippen LogP contribution in [-0.2, 0) is 6.42 Å². The second-order valence-electron chi connectivity index (χ2n) is 3.33. The number of H-pyrrole nitrogens is 1. The van der Waals surface area contributed by atoms with E-state index >= 15 is 0 Å². The molecule has 0 radical (unpaired) electrons. The number of nitrogens with zero attached hydrogens (tertiary/aromatic N) is 1. The number of aromatic amines is 1. The van der Waals surface area contributed by atoms with Gasteiger partial charge in [-0.05, 0) is 37.6 Å². The molecule has 0 saturated carbocycles. The van der Waals surface area contributed by atoms with E-state index in [1.54, 1.807) is 0 Å². The summed E-state index contributed by atoms with van der Waals surface area (Å²) in [5, 5.41) is 0.690. The molecule has 0 spiro atoms. The Hall–Kier alpha value is -1.06. The van der Waals surface area contributed by atoms with Crippen LogP contribution in [0.5, 0.6) is 0 Å². The lowest BCUT2D eigenvalue weighted by atomic mass is 10.1. The first kappa shape index (κ1) is 9.49. The summed E-state index contributed by atoms with van der Waals surface area (Å²) in [4.78, 5) is 7.46. The summed E-state index contributed by atoms with van der Waals surface area (Å²) in [6, 6.07) is 3.98. The normalized spacial score (nSPS) is 11.1. The molecular formula is C10H12ClN3.